The lowest BCUT2D eigenvalue weighted by molar-refractivity contribution is 0.302. The first kappa shape index (κ1) is 15.6. The van der Waals surface area contributed by atoms with Gasteiger partial charge in [0.05, 0.1) is 6.04 Å². The topological polar surface area (TPSA) is 3.24 Å². The number of fused-ring (bicyclic) bond motifs is 1. The second kappa shape index (κ2) is 8.70. The fourth-order valence-electron chi connectivity index (χ4n) is 1.95. The molecule has 1 heteroatoms. The number of hydrogen-bond acceptors (Lipinski definition) is 1. The van der Waals surface area contributed by atoms with Gasteiger partial charge < -0.3 is 4.90 Å². The van der Waals surface area contributed by atoms with Crippen molar-refractivity contribution in [2.24, 2.45) is 0 Å². The van der Waals surface area contributed by atoms with Gasteiger partial charge >= 0.3 is 0 Å². The molecule has 2 rings (SSSR count). The van der Waals surface area contributed by atoms with E-state index in [1.165, 1.54) is 11.1 Å². The molecule has 0 N–H and O–H groups in total. The summed E-state index contributed by atoms with van der Waals surface area (Å²) in [6, 6.07) is 11.6. The van der Waals surface area contributed by atoms with E-state index >= 15 is 0 Å². The third-order valence-corrected chi connectivity index (χ3v) is 2.76. The first-order valence-electron chi connectivity index (χ1n) is 6.63. The lowest BCUT2D eigenvalue weighted by Crippen LogP contribution is -2.29. The van der Waals surface area contributed by atoms with Crippen LogP contribution in [0.1, 0.15) is 51.8 Å². The highest BCUT2D eigenvalue weighted by molar-refractivity contribution is 5.32. The van der Waals surface area contributed by atoms with Gasteiger partial charge in [-0.15, -0.1) is 0 Å². The lowest BCUT2D eigenvalue weighted by Gasteiger charge is -2.32. The summed E-state index contributed by atoms with van der Waals surface area (Å²) in [4.78, 5) is 2.06. The summed E-state index contributed by atoms with van der Waals surface area (Å²) in [5, 5.41) is 0. The Balaban J connectivity index is 0.000000581. The molecule has 0 aliphatic carbocycles. The Morgan fingerprint density at radius 2 is 1.76 bits per heavy atom. The van der Waals surface area contributed by atoms with Crippen LogP contribution in [0.5, 0.6) is 0 Å². The molecule has 94 valence electrons. The minimum absolute atomic E-state index is 0.370. The van der Waals surface area contributed by atoms with Crippen molar-refractivity contribution in [2.45, 2.75) is 47.1 Å². The Hall–Kier alpha value is -1.42. The Morgan fingerprint density at radius 3 is 2.35 bits per heavy atom. The molecule has 1 aliphatic rings. The molecule has 1 nitrogen and oxygen atoms in total. The van der Waals surface area contributed by atoms with Gasteiger partial charge in [-0.05, 0) is 24.5 Å². The molecule has 0 aromatic heterocycles. The van der Waals surface area contributed by atoms with Crippen LogP contribution < -0.4 is 0 Å². The maximum atomic E-state index is 5.43. The normalized spacial score (nSPS) is 16.5. The van der Waals surface area contributed by atoms with Crippen LogP contribution in [-0.4, -0.2) is 11.4 Å². The minimum atomic E-state index is 0.370. The van der Waals surface area contributed by atoms with Crippen LogP contribution in [0, 0.1) is 12.5 Å². The molecule has 0 spiro atoms. The zero-order valence-electron chi connectivity index (χ0n) is 11.8. The number of benzene rings is 1. The maximum absolute atomic E-state index is 5.43. The fraction of sp³-hybridized carbons (Fsp3) is 0.500. The minimum Gasteiger partial charge on any atom is -0.325 e. The summed E-state index contributed by atoms with van der Waals surface area (Å²) in [5.41, 5.74) is 2.83. The van der Waals surface area contributed by atoms with E-state index in [4.69, 9.17) is 6.42 Å². The van der Waals surface area contributed by atoms with Gasteiger partial charge in [-0.3, -0.25) is 0 Å². The molecule has 1 heterocycles. The third kappa shape index (κ3) is 3.82. The Kier molecular flexibility index (Phi) is 7.97. The van der Waals surface area contributed by atoms with Crippen LogP contribution in [0.25, 0.3) is 0 Å². The average Bonchev–Trinajstić information content (AvgIpc) is 2.44. The van der Waals surface area contributed by atoms with Crippen molar-refractivity contribution in [1.82, 2.24) is 4.90 Å². The summed E-state index contributed by atoms with van der Waals surface area (Å²) in [6.07, 6.45) is 6.50. The molecule has 1 aliphatic heterocycles. The van der Waals surface area contributed by atoms with Crippen molar-refractivity contribution < 1.29 is 0 Å². The van der Waals surface area contributed by atoms with Gasteiger partial charge in [0.15, 0.2) is 0 Å². The number of rotatable bonds is 0. The zero-order chi connectivity index (χ0) is 13.3. The van der Waals surface area contributed by atoms with Gasteiger partial charge in [0.2, 0.25) is 0 Å². The predicted molar refractivity (Wildman–Crippen MR) is 76.8 cm³/mol. The molecule has 1 aromatic carbocycles. The highest BCUT2D eigenvalue weighted by atomic mass is 15.1. The van der Waals surface area contributed by atoms with Crippen molar-refractivity contribution in [3.63, 3.8) is 0 Å². The van der Waals surface area contributed by atoms with Crippen molar-refractivity contribution >= 4 is 0 Å². The second-order valence-electron chi connectivity index (χ2n) is 3.45. The smallest absolute Gasteiger partial charge is 0.0595 e. The van der Waals surface area contributed by atoms with Crippen molar-refractivity contribution in [3.05, 3.63) is 35.4 Å². The Morgan fingerprint density at radius 1 is 1.18 bits per heavy atom. The summed E-state index contributed by atoms with van der Waals surface area (Å²) in [7, 11) is 0. The number of hydrogen-bond donors (Lipinski definition) is 0. The lowest BCUT2D eigenvalue weighted by atomic mass is 9.94. The van der Waals surface area contributed by atoms with Crippen molar-refractivity contribution in [1.29, 1.82) is 0 Å². The molecule has 1 atom stereocenters. The molecule has 0 saturated carbocycles. The largest absolute Gasteiger partial charge is 0.325 e. The summed E-state index contributed by atoms with van der Waals surface area (Å²) in [6.45, 7) is 11.1. The van der Waals surface area contributed by atoms with Crippen LogP contribution in [-0.2, 0) is 6.42 Å². The van der Waals surface area contributed by atoms with E-state index in [1.54, 1.807) is 0 Å². The highest BCUT2D eigenvalue weighted by Gasteiger charge is 2.20. The second-order valence-corrected chi connectivity index (χ2v) is 3.45. The van der Waals surface area contributed by atoms with Crippen LogP contribution >= 0.6 is 0 Å². The van der Waals surface area contributed by atoms with Crippen LogP contribution in [0.4, 0.5) is 0 Å². The summed E-state index contributed by atoms with van der Waals surface area (Å²) >= 11 is 0. The Bertz CT molecular complexity index is 349. The molecular weight excluding hydrogens is 206 g/mol. The summed E-state index contributed by atoms with van der Waals surface area (Å²) in [5.74, 6) is 0. The van der Waals surface area contributed by atoms with E-state index in [1.807, 2.05) is 27.7 Å². The molecule has 0 saturated heterocycles. The molecule has 0 fully saturated rings. The molecular formula is C16H25N. The molecule has 1 aromatic rings. The van der Waals surface area contributed by atoms with E-state index in [0.29, 0.717) is 6.04 Å². The zero-order valence-corrected chi connectivity index (χ0v) is 11.8. The maximum Gasteiger partial charge on any atom is 0.0595 e. The van der Waals surface area contributed by atoms with E-state index < -0.39 is 0 Å². The first-order chi connectivity index (χ1) is 8.33. The standard InChI is InChI=1S/C12H13N.2C2H6/c1-3-13-9-8-11-6-4-5-7-12(11)10(13)2;2*1-2/h1,4-7,10H,8-9H2,2H3;2*1-2H3. The quantitative estimate of drug-likeness (QED) is 0.603. The van der Waals surface area contributed by atoms with Gasteiger partial charge in [-0.25, -0.2) is 0 Å². The van der Waals surface area contributed by atoms with Gasteiger partial charge in [-0.2, -0.15) is 0 Å². The number of nitrogens with zero attached hydrogens (tertiary/aromatic N) is 1. The molecule has 0 amide bonds. The van der Waals surface area contributed by atoms with E-state index in [0.717, 1.165) is 13.0 Å². The average molecular weight is 231 g/mol. The van der Waals surface area contributed by atoms with Crippen molar-refractivity contribution in [2.75, 3.05) is 6.54 Å². The van der Waals surface area contributed by atoms with Crippen LogP contribution in [0.15, 0.2) is 24.3 Å². The molecule has 1 unspecified atom stereocenters. The SMILES string of the molecule is C#CN1CCc2ccccc2C1C.CC.CC. The molecule has 17 heavy (non-hydrogen) atoms. The fourth-order valence-corrected chi connectivity index (χ4v) is 1.95. The Labute approximate surface area is 107 Å². The monoisotopic (exact) mass is 231 g/mol. The van der Waals surface area contributed by atoms with Gasteiger partial charge in [-0.1, -0.05) is 58.4 Å². The highest BCUT2D eigenvalue weighted by Crippen LogP contribution is 2.27. The van der Waals surface area contributed by atoms with E-state index in [-0.39, 0.29) is 0 Å². The van der Waals surface area contributed by atoms with Crippen molar-refractivity contribution in [3.8, 4) is 12.5 Å². The first-order valence-corrected chi connectivity index (χ1v) is 6.63. The molecule has 0 bridgehead atoms. The van der Waals surface area contributed by atoms with Gasteiger partial charge in [0.25, 0.3) is 0 Å². The predicted octanol–water partition coefficient (Wildman–Crippen LogP) is 4.25. The third-order valence-electron chi connectivity index (χ3n) is 2.76. The van der Waals surface area contributed by atoms with Gasteiger partial charge in [0.1, 0.15) is 0 Å². The summed E-state index contributed by atoms with van der Waals surface area (Å²) < 4.78 is 0. The van der Waals surface area contributed by atoms with Crippen LogP contribution in [0.3, 0.4) is 0 Å². The van der Waals surface area contributed by atoms with Crippen LogP contribution in [0.2, 0.25) is 0 Å². The number of terminal acetylenes is 1. The molecule has 0 radical (unpaired) electrons. The van der Waals surface area contributed by atoms with E-state index in [2.05, 4.69) is 42.1 Å². The van der Waals surface area contributed by atoms with E-state index in [9.17, 15) is 0 Å². The van der Waals surface area contributed by atoms with Gasteiger partial charge in [0, 0.05) is 12.6 Å².